The Labute approximate surface area is 206 Å². The molecule has 1 saturated carbocycles. The van der Waals surface area contributed by atoms with Crippen LogP contribution in [-0.2, 0) is 22.4 Å². The number of hydrogen-bond acceptors (Lipinski definition) is 9. The average molecular weight is 497 g/mol. The van der Waals surface area contributed by atoms with E-state index >= 15 is 0 Å². The van der Waals surface area contributed by atoms with Crippen LogP contribution in [0.25, 0.3) is 15.8 Å². The summed E-state index contributed by atoms with van der Waals surface area (Å²) in [7, 11) is 0. The number of aromatic nitrogens is 3. The maximum atomic E-state index is 12.3. The smallest absolute Gasteiger partial charge is 0.410 e. The Kier molecular flexibility index (Phi) is 6.66. The van der Waals surface area contributed by atoms with Crippen molar-refractivity contribution in [2.75, 3.05) is 26.3 Å². The summed E-state index contributed by atoms with van der Waals surface area (Å²) >= 11 is 1.58. The molecule has 1 fully saturated rings. The highest BCUT2D eigenvalue weighted by atomic mass is 32.1. The summed E-state index contributed by atoms with van der Waals surface area (Å²) in [4.78, 5) is 30.6. The lowest BCUT2D eigenvalue weighted by atomic mass is 9.99. The SMILES string of the molecule is CCOC(=O)N1CC=C(c2ccc3nc(Cc4nnc(CC(=O)CC5(CO)CC5)o4)sc3c2)CC1. The van der Waals surface area contributed by atoms with Gasteiger partial charge in [0.15, 0.2) is 0 Å². The highest BCUT2D eigenvalue weighted by molar-refractivity contribution is 7.18. The van der Waals surface area contributed by atoms with Gasteiger partial charge in [0.25, 0.3) is 0 Å². The first kappa shape index (κ1) is 23.6. The van der Waals surface area contributed by atoms with Gasteiger partial charge in [-0.15, -0.1) is 21.5 Å². The Bertz CT molecular complexity index is 1280. The maximum absolute atomic E-state index is 12.3. The fraction of sp³-hybridized carbons (Fsp3) is 0.480. The monoisotopic (exact) mass is 496 g/mol. The standard InChI is InChI=1S/C25H28N4O5S/c1-2-33-24(32)29-9-5-16(6-10-29)17-3-4-19-20(11-17)35-23(26-19)13-22-28-27-21(34-22)12-18(31)14-25(15-30)7-8-25/h3-5,11,30H,2,6-10,12-15H2,1H3. The first-order valence-electron chi connectivity index (χ1n) is 11.9. The third-order valence-electron chi connectivity index (χ3n) is 6.56. The van der Waals surface area contributed by atoms with Crippen molar-refractivity contribution < 1.29 is 23.8 Å². The number of carbonyl (C=O) groups excluding carboxylic acids is 2. The largest absolute Gasteiger partial charge is 0.450 e. The van der Waals surface area contributed by atoms with Gasteiger partial charge >= 0.3 is 6.09 Å². The molecule has 1 aliphatic carbocycles. The summed E-state index contributed by atoms with van der Waals surface area (Å²) < 4.78 is 11.9. The van der Waals surface area contributed by atoms with Gasteiger partial charge in [0.1, 0.15) is 10.8 Å². The molecule has 1 amide bonds. The van der Waals surface area contributed by atoms with Crippen molar-refractivity contribution in [1.29, 1.82) is 0 Å². The van der Waals surface area contributed by atoms with Gasteiger partial charge in [0.05, 0.1) is 29.7 Å². The van der Waals surface area contributed by atoms with Gasteiger partial charge in [-0.25, -0.2) is 9.78 Å². The van der Waals surface area contributed by atoms with Crippen molar-refractivity contribution in [2.45, 2.75) is 45.4 Å². The molecular weight excluding hydrogens is 468 g/mol. The van der Waals surface area contributed by atoms with Crippen LogP contribution in [0.1, 0.15) is 55.0 Å². The van der Waals surface area contributed by atoms with Crippen LogP contribution in [0.4, 0.5) is 4.79 Å². The molecule has 3 aromatic rings. The fourth-order valence-corrected chi connectivity index (χ4v) is 5.33. The second kappa shape index (κ2) is 9.87. The molecule has 0 radical (unpaired) electrons. The molecule has 0 spiro atoms. The lowest BCUT2D eigenvalue weighted by Gasteiger charge is -2.25. The van der Waals surface area contributed by atoms with Crippen LogP contribution in [-0.4, -0.2) is 63.4 Å². The van der Waals surface area contributed by atoms with Crippen LogP contribution >= 0.6 is 11.3 Å². The normalized spacial score (nSPS) is 16.9. The zero-order valence-electron chi connectivity index (χ0n) is 19.7. The molecule has 1 N–H and O–H groups in total. The highest BCUT2D eigenvalue weighted by Gasteiger charge is 2.43. The summed E-state index contributed by atoms with van der Waals surface area (Å²) in [6, 6.07) is 6.21. The van der Waals surface area contributed by atoms with Gasteiger partial charge in [-0.1, -0.05) is 12.1 Å². The van der Waals surface area contributed by atoms with Crippen LogP contribution in [0.5, 0.6) is 0 Å². The zero-order valence-corrected chi connectivity index (χ0v) is 20.5. The Morgan fingerprint density at radius 2 is 2.09 bits per heavy atom. The number of carbonyl (C=O) groups is 2. The first-order valence-corrected chi connectivity index (χ1v) is 12.7. The van der Waals surface area contributed by atoms with Crippen LogP contribution in [0.2, 0.25) is 0 Å². The minimum absolute atomic E-state index is 0.0154. The number of ether oxygens (including phenoxy) is 1. The van der Waals surface area contributed by atoms with Crippen molar-refractivity contribution in [3.63, 3.8) is 0 Å². The van der Waals surface area contributed by atoms with E-state index in [1.807, 2.05) is 13.0 Å². The second-order valence-corrected chi connectivity index (χ2v) is 10.3. The fourth-order valence-electron chi connectivity index (χ4n) is 4.34. The number of fused-ring (bicyclic) bond motifs is 1. The summed E-state index contributed by atoms with van der Waals surface area (Å²) in [5.74, 6) is 0.759. The molecule has 0 bridgehead atoms. The van der Waals surface area contributed by atoms with Crippen LogP contribution in [0.3, 0.4) is 0 Å². The number of thiazole rings is 1. The third kappa shape index (κ3) is 5.43. The average Bonchev–Trinajstić information content (AvgIpc) is 3.29. The number of nitrogens with zero attached hydrogens (tertiary/aromatic N) is 4. The molecule has 1 aliphatic heterocycles. The molecule has 10 heteroatoms. The molecule has 184 valence electrons. The van der Waals surface area contributed by atoms with Crippen molar-refractivity contribution >= 4 is 39.0 Å². The van der Waals surface area contributed by atoms with E-state index in [1.54, 1.807) is 16.2 Å². The van der Waals surface area contributed by atoms with E-state index in [1.165, 1.54) is 5.57 Å². The molecule has 2 aliphatic rings. The van der Waals surface area contributed by atoms with Gasteiger partial charge in [0, 0.05) is 31.5 Å². The molecule has 0 unspecified atom stereocenters. The maximum Gasteiger partial charge on any atom is 0.410 e. The molecule has 35 heavy (non-hydrogen) atoms. The topological polar surface area (TPSA) is 119 Å². The zero-order chi connectivity index (χ0) is 24.4. The molecule has 2 aromatic heterocycles. The van der Waals surface area contributed by atoms with Crippen molar-refractivity contribution in [3.05, 3.63) is 46.6 Å². The van der Waals surface area contributed by atoms with Crippen LogP contribution in [0, 0.1) is 5.41 Å². The van der Waals surface area contributed by atoms with Gasteiger partial charge in [-0.2, -0.15) is 0 Å². The van der Waals surface area contributed by atoms with E-state index in [9.17, 15) is 14.7 Å². The first-order chi connectivity index (χ1) is 17.0. The van der Waals surface area contributed by atoms with Crippen molar-refractivity contribution in [1.82, 2.24) is 20.1 Å². The Balaban J connectivity index is 1.22. The van der Waals surface area contributed by atoms with Gasteiger partial charge < -0.3 is 19.2 Å². The predicted octanol–water partition coefficient (Wildman–Crippen LogP) is 3.79. The molecule has 0 saturated heterocycles. The molecule has 0 atom stereocenters. The van der Waals surface area contributed by atoms with Gasteiger partial charge in [-0.05, 0) is 49.5 Å². The predicted molar refractivity (Wildman–Crippen MR) is 130 cm³/mol. The molecule has 1 aromatic carbocycles. The lowest BCUT2D eigenvalue weighted by Crippen LogP contribution is -2.35. The number of Topliss-reactive ketones (excluding diaryl/α,β-unsaturated/α-hetero) is 1. The van der Waals surface area contributed by atoms with Gasteiger partial charge in [0.2, 0.25) is 11.8 Å². The van der Waals surface area contributed by atoms with E-state index in [0.29, 0.717) is 44.3 Å². The number of aliphatic hydroxyl groups is 1. The molecular formula is C25H28N4O5S. The number of ketones is 1. The quantitative estimate of drug-likeness (QED) is 0.475. The third-order valence-corrected chi connectivity index (χ3v) is 7.58. The number of amides is 1. The number of aliphatic hydroxyl groups excluding tert-OH is 1. The van der Waals surface area contributed by atoms with E-state index in [0.717, 1.165) is 40.1 Å². The van der Waals surface area contributed by atoms with E-state index in [2.05, 4.69) is 28.4 Å². The second-order valence-electron chi connectivity index (χ2n) is 9.23. The minimum atomic E-state index is -0.268. The van der Waals surface area contributed by atoms with E-state index in [4.69, 9.17) is 14.1 Å². The minimum Gasteiger partial charge on any atom is -0.450 e. The van der Waals surface area contributed by atoms with E-state index in [-0.39, 0.29) is 30.3 Å². The van der Waals surface area contributed by atoms with Crippen LogP contribution < -0.4 is 0 Å². The van der Waals surface area contributed by atoms with Crippen molar-refractivity contribution in [2.24, 2.45) is 5.41 Å². The summed E-state index contributed by atoms with van der Waals surface area (Å²) in [5, 5.41) is 18.4. The summed E-state index contributed by atoms with van der Waals surface area (Å²) in [6.07, 6.45) is 5.25. The lowest BCUT2D eigenvalue weighted by molar-refractivity contribution is -0.120. The van der Waals surface area contributed by atoms with Crippen LogP contribution in [0.15, 0.2) is 28.7 Å². The van der Waals surface area contributed by atoms with E-state index < -0.39 is 0 Å². The number of rotatable bonds is 9. The Hall–Kier alpha value is -3.11. The molecule has 9 nitrogen and oxygen atoms in total. The summed E-state index contributed by atoms with van der Waals surface area (Å²) in [6.45, 7) is 3.42. The summed E-state index contributed by atoms with van der Waals surface area (Å²) in [5.41, 5.74) is 3.04. The van der Waals surface area contributed by atoms with Crippen molar-refractivity contribution in [3.8, 4) is 0 Å². The molecule has 3 heterocycles. The number of benzene rings is 1. The molecule has 5 rings (SSSR count). The Morgan fingerprint density at radius 1 is 1.26 bits per heavy atom. The van der Waals surface area contributed by atoms with Gasteiger partial charge in [-0.3, -0.25) is 4.79 Å². The Morgan fingerprint density at radius 3 is 2.80 bits per heavy atom. The number of hydrogen-bond donors (Lipinski definition) is 1. The highest BCUT2D eigenvalue weighted by Crippen LogP contribution is 2.48.